The minimum atomic E-state index is 0.138. The number of fused-ring (bicyclic) bond motifs is 1. The van der Waals surface area contributed by atoms with Crippen molar-refractivity contribution >= 4 is 11.0 Å². The van der Waals surface area contributed by atoms with Crippen LogP contribution in [0, 0.1) is 0 Å². The summed E-state index contributed by atoms with van der Waals surface area (Å²) in [6, 6.07) is 10.4. The standard InChI is InChI=1S/C17H25NO2/c1-3-5-11-19-13-15(18-10-4-2)17-12-14-8-6-7-9-16(14)20-17/h6-9,12,15,18H,3-5,10-11,13H2,1-2H3. The number of unbranched alkanes of at least 4 members (excludes halogenated alkanes) is 1. The molecule has 1 unspecified atom stereocenters. The first-order valence-electron chi connectivity index (χ1n) is 7.64. The lowest BCUT2D eigenvalue weighted by Gasteiger charge is -2.16. The molecule has 1 aromatic heterocycles. The van der Waals surface area contributed by atoms with Gasteiger partial charge in [0, 0.05) is 12.0 Å². The SMILES string of the molecule is CCCCOCC(NCCC)c1cc2ccccc2o1. The summed E-state index contributed by atoms with van der Waals surface area (Å²) in [5.41, 5.74) is 0.944. The lowest BCUT2D eigenvalue weighted by Crippen LogP contribution is -2.26. The normalized spacial score (nSPS) is 12.9. The summed E-state index contributed by atoms with van der Waals surface area (Å²) in [6.07, 6.45) is 3.38. The number of para-hydroxylation sites is 1. The van der Waals surface area contributed by atoms with Crippen molar-refractivity contribution in [2.75, 3.05) is 19.8 Å². The summed E-state index contributed by atoms with van der Waals surface area (Å²) in [5.74, 6) is 0.969. The minimum absolute atomic E-state index is 0.138. The molecule has 0 fully saturated rings. The quantitative estimate of drug-likeness (QED) is 0.693. The van der Waals surface area contributed by atoms with Crippen molar-refractivity contribution in [2.45, 2.75) is 39.2 Å². The van der Waals surface area contributed by atoms with Crippen LogP contribution in [0.3, 0.4) is 0 Å². The van der Waals surface area contributed by atoms with Crippen LogP contribution in [0.1, 0.15) is 44.9 Å². The van der Waals surface area contributed by atoms with E-state index in [9.17, 15) is 0 Å². The zero-order valence-corrected chi connectivity index (χ0v) is 12.5. The highest BCUT2D eigenvalue weighted by Gasteiger charge is 2.15. The molecule has 3 heteroatoms. The smallest absolute Gasteiger partial charge is 0.134 e. The van der Waals surface area contributed by atoms with Gasteiger partial charge in [0.25, 0.3) is 0 Å². The Balaban J connectivity index is 2.04. The van der Waals surface area contributed by atoms with Gasteiger partial charge in [-0.25, -0.2) is 0 Å². The van der Waals surface area contributed by atoms with Crippen molar-refractivity contribution in [2.24, 2.45) is 0 Å². The van der Waals surface area contributed by atoms with Gasteiger partial charge in [-0.2, -0.15) is 0 Å². The zero-order chi connectivity index (χ0) is 14.2. The summed E-state index contributed by atoms with van der Waals surface area (Å²) < 4.78 is 11.7. The third kappa shape index (κ3) is 4.09. The van der Waals surface area contributed by atoms with Crippen LogP contribution < -0.4 is 5.32 Å². The van der Waals surface area contributed by atoms with Crippen LogP contribution in [0.4, 0.5) is 0 Å². The van der Waals surface area contributed by atoms with Crippen LogP contribution in [0.5, 0.6) is 0 Å². The van der Waals surface area contributed by atoms with E-state index in [1.54, 1.807) is 0 Å². The maximum atomic E-state index is 5.94. The van der Waals surface area contributed by atoms with E-state index in [1.807, 2.05) is 18.2 Å². The number of rotatable bonds is 9. The average Bonchev–Trinajstić information content (AvgIpc) is 2.90. The van der Waals surface area contributed by atoms with Gasteiger partial charge in [0.1, 0.15) is 11.3 Å². The molecule has 0 bridgehead atoms. The molecule has 0 spiro atoms. The number of nitrogens with one attached hydrogen (secondary N) is 1. The number of ether oxygens (including phenoxy) is 1. The Hall–Kier alpha value is -1.32. The van der Waals surface area contributed by atoms with E-state index in [4.69, 9.17) is 9.15 Å². The fraction of sp³-hybridized carbons (Fsp3) is 0.529. The van der Waals surface area contributed by atoms with Gasteiger partial charge in [0.2, 0.25) is 0 Å². The number of benzene rings is 1. The Labute approximate surface area is 121 Å². The van der Waals surface area contributed by atoms with Crippen LogP contribution in [-0.2, 0) is 4.74 Å². The lowest BCUT2D eigenvalue weighted by molar-refractivity contribution is 0.103. The molecule has 0 aliphatic rings. The third-order valence-electron chi connectivity index (χ3n) is 3.36. The second kappa shape index (κ2) is 8.08. The van der Waals surface area contributed by atoms with E-state index in [2.05, 4.69) is 31.3 Å². The highest BCUT2D eigenvalue weighted by molar-refractivity contribution is 5.77. The molecule has 1 N–H and O–H groups in total. The Morgan fingerprint density at radius 1 is 1.20 bits per heavy atom. The minimum Gasteiger partial charge on any atom is -0.459 e. The second-order valence-electron chi connectivity index (χ2n) is 5.12. The molecule has 0 saturated heterocycles. The van der Waals surface area contributed by atoms with Crippen molar-refractivity contribution < 1.29 is 9.15 Å². The van der Waals surface area contributed by atoms with Crippen LogP contribution in [0.15, 0.2) is 34.7 Å². The zero-order valence-electron chi connectivity index (χ0n) is 12.5. The molecule has 2 aromatic rings. The van der Waals surface area contributed by atoms with Gasteiger partial charge in [-0.15, -0.1) is 0 Å². The predicted molar refractivity (Wildman–Crippen MR) is 83.0 cm³/mol. The second-order valence-corrected chi connectivity index (χ2v) is 5.12. The molecule has 20 heavy (non-hydrogen) atoms. The summed E-state index contributed by atoms with van der Waals surface area (Å²) in [5, 5.41) is 4.66. The van der Waals surface area contributed by atoms with Gasteiger partial charge in [-0.3, -0.25) is 0 Å². The summed E-state index contributed by atoms with van der Waals surface area (Å²) in [6.45, 7) is 6.80. The van der Waals surface area contributed by atoms with Crippen molar-refractivity contribution in [3.63, 3.8) is 0 Å². The van der Waals surface area contributed by atoms with Crippen LogP contribution >= 0.6 is 0 Å². The molecule has 0 radical (unpaired) electrons. The number of hydrogen-bond acceptors (Lipinski definition) is 3. The lowest BCUT2D eigenvalue weighted by atomic mass is 10.2. The summed E-state index contributed by atoms with van der Waals surface area (Å²) in [7, 11) is 0. The maximum Gasteiger partial charge on any atom is 0.134 e. The van der Waals surface area contributed by atoms with Gasteiger partial charge in [-0.1, -0.05) is 38.5 Å². The van der Waals surface area contributed by atoms with Crippen LogP contribution in [-0.4, -0.2) is 19.8 Å². The molecule has 0 aliphatic heterocycles. The molecular formula is C17H25NO2. The molecule has 1 aromatic carbocycles. The number of furan rings is 1. The van der Waals surface area contributed by atoms with E-state index in [-0.39, 0.29) is 6.04 Å². The summed E-state index contributed by atoms with van der Waals surface area (Å²) >= 11 is 0. The van der Waals surface area contributed by atoms with Gasteiger partial charge >= 0.3 is 0 Å². The maximum absolute atomic E-state index is 5.94. The van der Waals surface area contributed by atoms with E-state index in [0.717, 1.165) is 49.1 Å². The first kappa shape index (κ1) is 15.1. The molecule has 0 aliphatic carbocycles. The first-order valence-corrected chi connectivity index (χ1v) is 7.64. The highest BCUT2D eigenvalue weighted by Crippen LogP contribution is 2.24. The monoisotopic (exact) mass is 275 g/mol. The molecule has 110 valence electrons. The Kier molecular flexibility index (Phi) is 6.09. The fourth-order valence-electron chi connectivity index (χ4n) is 2.18. The highest BCUT2D eigenvalue weighted by atomic mass is 16.5. The van der Waals surface area contributed by atoms with Crippen LogP contribution in [0.2, 0.25) is 0 Å². The van der Waals surface area contributed by atoms with E-state index >= 15 is 0 Å². The molecule has 1 heterocycles. The van der Waals surface area contributed by atoms with Gasteiger partial charge in [0.15, 0.2) is 0 Å². The molecule has 0 amide bonds. The van der Waals surface area contributed by atoms with Gasteiger partial charge in [-0.05, 0) is 31.5 Å². The third-order valence-corrected chi connectivity index (χ3v) is 3.36. The number of hydrogen-bond donors (Lipinski definition) is 1. The largest absolute Gasteiger partial charge is 0.459 e. The molecule has 1 atom stereocenters. The van der Waals surface area contributed by atoms with Gasteiger partial charge in [0.05, 0.1) is 12.6 Å². The van der Waals surface area contributed by atoms with Crippen molar-refractivity contribution in [1.82, 2.24) is 5.32 Å². The Morgan fingerprint density at radius 3 is 2.80 bits per heavy atom. The molecule has 3 nitrogen and oxygen atoms in total. The molecular weight excluding hydrogens is 250 g/mol. The first-order chi connectivity index (χ1) is 9.85. The fourth-order valence-corrected chi connectivity index (χ4v) is 2.18. The van der Waals surface area contributed by atoms with Crippen molar-refractivity contribution in [3.05, 3.63) is 36.1 Å². The summed E-state index contributed by atoms with van der Waals surface area (Å²) in [4.78, 5) is 0. The molecule has 0 saturated carbocycles. The molecule has 2 rings (SSSR count). The predicted octanol–water partition coefficient (Wildman–Crippen LogP) is 4.29. The van der Waals surface area contributed by atoms with Gasteiger partial charge < -0.3 is 14.5 Å². The van der Waals surface area contributed by atoms with Crippen LogP contribution in [0.25, 0.3) is 11.0 Å². The van der Waals surface area contributed by atoms with E-state index in [1.165, 1.54) is 0 Å². The van der Waals surface area contributed by atoms with Crippen molar-refractivity contribution in [1.29, 1.82) is 0 Å². The Morgan fingerprint density at radius 2 is 2.05 bits per heavy atom. The Bertz CT molecular complexity index is 473. The van der Waals surface area contributed by atoms with E-state index < -0.39 is 0 Å². The van der Waals surface area contributed by atoms with Crippen molar-refractivity contribution in [3.8, 4) is 0 Å². The van der Waals surface area contributed by atoms with E-state index in [0.29, 0.717) is 6.61 Å². The topological polar surface area (TPSA) is 34.4 Å². The average molecular weight is 275 g/mol.